The summed E-state index contributed by atoms with van der Waals surface area (Å²) >= 11 is 5.30. The van der Waals surface area contributed by atoms with Gasteiger partial charge in [-0.3, -0.25) is 15.0 Å². The highest BCUT2D eigenvalue weighted by molar-refractivity contribution is 8.17. The van der Waals surface area contributed by atoms with E-state index in [-0.39, 0.29) is 17.7 Å². The summed E-state index contributed by atoms with van der Waals surface area (Å²) in [4.78, 5) is 19.8. The molecule has 0 spiro atoms. The number of rotatable bonds is 6. The Morgan fingerprint density at radius 2 is 1.50 bits per heavy atom. The Morgan fingerprint density at radius 1 is 0.882 bits per heavy atom. The molecular weight excluding hydrogens is 485 g/mol. The van der Waals surface area contributed by atoms with Gasteiger partial charge in [-0.25, -0.2) is 4.98 Å². The van der Waals surface area contributed by atoms with Crippen LogP contribution < -0.4 is 0 Å². The van der Waals surface area contributed by atoms with E-state index in [9.17, 15) is 5.11 Å². The fraction of sp³-hybridized carbons (Fsp3) is 0.440. The Morgan fingerprint density at radius 3 is 2.18 bits per heavy atom. The van der Waals surface area contributed by atoms with Crippen molar-refractivity contribution in [2.24, 2.45) is 15.0 Å². The molecule has 1 aromatic carbocycles. The minimum Gasteiger partial charge on any atom is -0.443 e. The molecule has 0 bridgehead atoms. The van der Waals surface area contributed by atoms with Gasteiger partial charge >= 0.3 is 0 Å². The van der Waals surface area contributed by atoms with E-state index >= 15 is 0 Å². The maximum atomic E-state index is 9.49. The van der Waals surface area contributed by atoms with Gasteiger partial charge in [-0.05, 0) is 39.3 Å². The molecule has 4 heterocycles. The van der Waals surface area contributed by atoms with Crippen LogP contribution in [-0.2, 0) is 12.1 Å². The van der Waals surface area contributed by atoms with E-state index in [0.29, 0.717) is 17.3 Å². The van der Waals surface area contributed by atoms with Gasteiger partial charge in [-0.15, -0.1) is 35.3 Å². The number of aliphatic hydroxyl groups is 1. The first-order chi connectivity index (χ1) is 16.2. The van der Waals surface area contributed by atoms with Crippen LogP contribution in [0.2, 0.25) is 0 Å². The monoisotopic (exact) mass is 512 g/mol. The predicted octanol–water partition coefficient (Wildman–Crippen LogP) is 5.36. The normalized spacial score (nSPS) is 31.3. The smallest absolute Gasteiger partial charge is 0.223 e. The van der Waals surface area contributed by atoms with Crippen molar-refractivity contribution in [1.29, 1.82) is 0 Å². The molecular formula is C25H28N4O2S3. The van der Waals surface area contributed by atoms with E-state index in [1.165, 1.54) is 5.56 Å². The lowest BCUT2D eigenvalue weighted by atomic mass is 10.0. The summed E-state index contributed by atoms with van der Waals surface area (Å²) in [6.45, 7) is 8.08. The Hall–Kier alpha value is -1.81. The average Bonchev–Trinajstić information content (AvgIpc) is 3.60. The Kier molecular flexibility index (Phi) is 6.33. The Balaban J connectivity index is 1.36. The molecule has 3 aliphatic heterocycles. The van der Waals surface area contributed by atoms with Crippen molar-refractivity contribution in [3.8, 4) is 0 Å². The summed E-state index contributed by atoms with van der Waals surface area (Å²) in [6.07, 6.45) is 4.22. The van der Waals surface area contributed by atoms with Gasteiger partial charge in [-0.2, -0.15) is 0 Å². The average molecular weight is 513 g/mol. The number of hydrogen-bond acceptors (Lipinski definition) is 9. The zero-order chi connectivity index (χ0) is 24.0. The first-order valence-corrected chi connectivity index (χ1v) is 14.2. The summed E-state index contributed by atoms with van der Waals surface area (Å²) in [5.41, 5.74) is 0.507. The molecule has 0 radical (unpaired) electrons. The molecule has 0 fully saturated rings. The number of nitrogens with zero attached hydrogens (tertiary/aromatic N) is 4. The molecule has 34 heavy (non-hydrogen) atoms. The summed E-state index contributed by atoms with van der Waals surface area (Å²) in [5.74, 6) is 3.70. The molecule has 0 amide bonds. The second kappa shape index (κ2) is 9.00. The molecule has 1 N–H and O–H groups in total. The van der Waals surface area contributed by atoms with Gasteiger partial charge in [0, 0.05) is 17.3 Å². The van der Waals surface area contributed by atoms with Gasteiger partial charge in [-0.1, -0.05) is 36.4 Å². The molecule has 0 saturated carbocycles. The third-order valence-corrected chi connectivity index (χ3v) is 10.4. The summed E-state index contributed by atoms with van der Waals surface area (Å²) < 4.78 is 5.86. The van der Waals surface area contributed by atoms with Crippen LogP contribution in [-0.4, -0.2) is 53.6 Å². The van der Waals surface area contributed by atoms with E-state index < -0.39 is 5.54 Å². The molecule has 9 heteroatoms. The van der Waals surface area contributed by atoms with Crippen LogP contribution in [0.1, 0.15) is 43.7 Å². The van der Waals surface area contributed by atoms with Crippen LogP contribution in [0.15, 0.2) is 55.8 Å². The first-order valence-electron chi connectivity index (χ1n) is 11.2. The van der Waals surface area contributed by atoms with E-state index in [0.717, 1.165) is 32.4 Å². The van der Waals surface area contributed by atoms with Crippen molar-refractivity contribution in [2.75, 3.05) is 17.3 Å². The zero-order valence-corrected chi connectivity index (χ0v) is 22.2. The lowest BCUT2D eigenvalue weighted by Gasteiger charge is -2.21. The third-order valence-electron chi connectivity index (χ3n) is 6.18. The van der Waals surface area contributed by atoms with Crippen LogP contribution in [0, 0.1) is 6.92 Å². The number of aryl methyl sites for hydroxylation is 1. The summed E-state index contributed by atoms with van der Waals surface area (Å²) in [5, 5.41) is 12.6. The second-order valence-corrected chi connectivity index (χ2v) is 12.3. The second-order valence-electron chi connectivity index (χ2n) is 9.40. The van der Waals surface area contributed by atoms with Crippen molar-refractivity contribution in [2.45, 2.75) is 50.9 Å². The molecule has 178 valence electrons. The minimum atomic E-state index is -0.551. The highest BCUT2D eigenvalue weighted by Gasteiger charge is 2.48. The number of hydrogen-bond donors (Lipinski definition) is 1. The molecule has 2 aromatic rings. The van der Waals surface area contributed by atoms with Crippen LogP contribution in [0.25, 0.3) is 6.08 Å². The molecule has 3 aliphatic rings. The first kappa shape index (κ1) is 23.9. The van der Waals surface area contributed by atoms with Crippen molar-refractivity contribution < 1.29 is 9.52 Å². The lowest BCUT2D eigenvalue weighted by molar-refractivity contribution is 0.275. The zero-order valence-electron chi connectivity index (χ0n) is 19.7. The van der Waals surface area contributed by atoms with Crippen molar-refractivity contribution in [3.63, 3.8) is 0 Å². The molecule has 6 nitrogen and oxygen atoms in total. The van der Waals surface area contributed by atoms with E-state index in [1.807, 2.05) is 32.0 Å². The highest BCUT2D eigenvalue weighted by Crippen LogP contribution is 2.46. The molecule has 3 atom stereocenters. The number of benzene rings is 1. The molecule has 5 rings (SSSR count). The SMILES string of the molecule is Cc1oc([C@]2(C)CSC([C@]3(C)CSC([C@]4(C)CSC(/C=C/c5ccccc5)=N4)=N3)=N2)nc1CO. The number of thioether (sulfide) groups is 3. The Labute approximate surface area is 212 Å². The maximum absolute atomic E-state index is 9.49. The van der Waals surface area contributed by atoms with E-state index in [1.54, 1.807) is 35.3 Å². The number of aliphatic imine (C=N–C) groups is 3. The molecule has 0 aliphatic carbocycles. The number of aliphatic hydroxyl groups excluding tert-OH is 1. The van der Waals surface area contributed by atoms with Crippen molar-refractivity contribution >= 4 is 56.5 Å². The lowest BCUT2D eigenvalue weighted by Crippen LogP contribution is -2.33. The number of aromatic nitrogens is 1. The van der Waals surface area contributed by atoms with Crippen molar-refractivity contribution in [1.82, 2.24) is 4.98 Å². The van der Waals surface area contributed by atoms with E-state index in [4.69, 9.17) is 19.4 Å². The topological polar surface area (TPSA) is 83.3 Å². The number of oxazole rings is 1. The van der Waals surface area contributed by atoms with Crippen LogP contribution in [0.5, 0.6) is 0 Å². The predicted molar refractivity (Wildman–Crippen MR) is 146 cm³/mol. The highest BCUT2D eigenvalue weighted by atomic mass is 32.2. The van der Waals surface area contributed by atoms with Gasteiger partial charge in [0.15, 0.2) is 0 Å². The van der Waals surface area contributed by atoms with Crippen LogP contribution in [0.4, 0.5) is 0 Å². The van der Waals surface area contributed by atoms with Crippen LogP contribution >= 0.6 is 35.3 Å². The fourth-order valence-corrected chi connectivity index (χ4v) is 7.88. The standard InChI is InChI=1S/C25H28N4O2S3/c1-16-18(12-30)26-20(31-16)23(2)13-33-22(28-23)25(4)15-34-21(29-25)24(3)14-32-19(27-24)11-10-17-8-6-5-7-9-17/h5-11,30H,12-15H2,1-4H3/b11-10+/t23-,24-,25-/m0/s1. The van der Waals surface area contributed by atoms with Crippen molar-refractivity contribution in [3.05, 3.63) is 59.3 Å². The fourth-order valence-electron chi connectivity index (χ4n) is 4.02. The summed E-state index contributed by atoms with van der Waals surface area (Å²) in [7, 11) is 0. The Bertz CT molecular complexity index is 1220. The van der Waals surface area contributed by atoms with E-state index in [2.05, 4.69) is 43.1 Å². The molecule has 0 unspecified atom stereocenters. The van der Waals surface area contributed by atoms with Gasteiger partial charge < -0.3 is 9.52 Å². The molecule has 0 saturated heterocycles. The minimum absolute atomic E-state index is 0.128. The van der Waals surface area contributed by atoms with Gasteiger partial charge in [0.05, 0.1) is 21.7 Å². The third kappa shape index (κ3) is 4.43. The largest absolute Gasteiger partial charge is 0.443 e. The van der Waals surface area contributed by atoms with Gasteiger partial charge in [0.1, 0.15) is 28.1 Å². The quantitative estimate of drug-likeness (QED) is 0.561. The van der Waals surface area contributed by atoms with Gasteiger partial charge in [0.25, 0.3) is 0 Å². The molecule has 1 aromatic heterocycles. The van der Waals surface area contributed by atoms with Crippen LogP contribution in [0.3, 0.4) is 0 Å². The summed E-state index contributed by atoms with van der Waals surface area (Å²) in [6, 6.07) is 10.3. The van der Waals surface area contributed by atoms with Gasteiger partial charge in [0.2, 0.25) is 5.89 Å². The maximum Gasteiger partial charge on any atom is 0.223 e.